The number of hydrogen-bond donors (Lipinski definition) is 4. The highest BCUT2D eigenvalue weighted by Gasteiger charge is 2.22. The number of aliphatic hydroxyl groups excluding tert-OH is 3. The fourth-order valence-corrected chi connectivity index (χ4v) is 8.63. The van der Waals surface area contributed by atoms with E-state index in [2.05, 4.69) is 43.5 Å². The largest absolute Gasteiger partial charge is 0.394 e. The summed E-state index contributed by atoms with van der Waals surface area (Å²) in [4.78, 5) is 12.5. The summed E-state index contributed by atoms with van der Waals surface area (Å²) in [6.45, 7) is 4.21. The maximum Gasteiger partial charge on any atom is 0.249 e. The Balaban J connectivity index is 3.60. The first-order valence-electron chi connectivity index (χ1n) is 27.8. The molecule has 0 saturated carbocycles. The van der Waals surface area contributed by atoms with Gasteiger partial charge in [0.25, 0.3) is 0 Å². The molecule has 0 saturated heterocycles. The van der Waals surface area contributed by atoms with Gasteiger partial charge in [-0.25, -0.2) is 0 Å². The average Bonchev–Trinajstić information content (AvgIpc) is 3.28. The molecule has 0 aliphatic carbocycles. The lowest BCUT2D eigenvalue weighted by atomic mass is 10.0. The minimum atomic E-state index is -1.10. The minimum absolute atomic E-state index is 0.365. The zero-order valence-electron chi connectivity index (χ0n) is 41.8. The predicted molar refractivity (Wildman–Crippen MR) is 273 cm³/mol. The monoisotopic (exact) mass is 872 g/mol. The Bertz CT molecular complexity index is 962. The van der Waals surface area contributed by atoms with Gasteiger partial charge in [0.1, 0.15) is 6.10 Å². The summed E-state index contributed by atoms with van der Waals surface area (Å²) in [7, 11) is 0. The van der Waals surface area contributed by atoms with Crippen LogP contribution in [0, 0.1) is 0 Å². The fourth-order valence-electron chi connectivity index (χ4n) is 8.63. The van der Waals surface area contributed by atoms with Gasteiger partial charge < -0.3 is 20.6 Å². The molecule has 366 valence electrons. The zero-order valence-corrected chi connectivity index (χ0v) is 41.8. The molecule has 4 N–H and O–H groups in total. The van der Waals surface area contributed by atoms with Gasteiger partial charge in [-0.2, -0.15) is 0 Å². The van der Waals surface area contributed by atoms with Crippen molar-refractivity contribution in [1.82, 2.24) is 5.32 Å². The number of carbonyl (C=O) groups excluding carboxylic acids is 1. The second-order valence-electron chi connectivity index (χ2n) is 19.1. The standard InChI is InChI=1S/C57H109NO4/c1-3-5-7-9-11-13-15-17-19-21-23-25-27-29-31-33-35-37-39-41-43-45-47-49-51-55(60)54(53-59)58-57(62)56(61)52-50-48-46-44-42-40-38-36-34-32-30-28-26-24-22-20-18-16-14-12-10-8-6-4-2/h24,26,30,32,49,51,54-56,59-61H,3-23,25,27-29,31,33-48,50,52-53H2,1-2H3,(H,58,62)/b26-24-,32-30-,51-49+. The highest BCUT2D eigenvalue weighted by Crippen LogP contribution is 2.17. The van der Waals surface area contributed by atoms with Gasteiger partial charge >= 0.3 is 0 Å². The van der Waals surface area contributed by atoms with Crippen molar-refractivity contribution in [2.24, 2.45) is 0 Å². The Labute approximate surface area is 387 Å². The van der Waals surface area contributed by atoms with Crippen LogP contribution in [0.25, 0.3) is 0 Å². The van der Waals surface area contributed by atoms with Crippen LogP contribution in [0.3, 0.4) is 0 Å². The maximum atomic E-state index is 12.5. The van der Waals surface area contributed by atoms with E-state index in [-0.39, 0.29) is 6.61 Å². The number of allylic oxidation sites excluding steroid dienone is 5. The van der Waals surface area contributed by atoms with Gasteiger partial charge in [-0.1, -0.05) is 281 Å². The van der Waals surface area contributed by atoms with E-state index in [0.29, 0.717) is 6.42 Å². The summed E-state index contributed by atoms with van der Waals surface area (Å²) in [5.41, 5.74) is 0. The van der Waals surface area contributed by atoms with Crippen molar-refractivity contribution in [1.29, 1.82) is 0 Å². The van der Waals surface area contributed by atoms with Gasteiger partial charge in [0, 0.05) is 0 Å². The first kappa shape index (κ1) is 60.6. The van der Waals surface area contributed by atoms with Gasteiger partial charge in [-0.15, -0.1) is 0 Å². The van der Waals surface area contributed by atoms with Crippen molar-refractivity contribution in [3.63, 3.8) is 0 Å². The molecule has 0 aromatic carbocycles. The van der Waals surface area contributed by atoms with E-state index in [0.717, 1.165) is 38.5 Å². The SMILES string of the molecule is CCCCCCCCCCC/C=C\C/C=C\CCCCCCCCCCC(O)C(=O)NC(CO)C(O)/C=C/CCCCCCCCCCCCCCCCCCCCCCCC. The topological polar surface area (TPSA) is 89.8 Å². The van der Waals surface area contributed by atoms with Crippen molar-refractivity contribution < 1.29 is 20.1 Å². The molecule has 0 rings (SSSR count). The molecule has 0 spiro atoms. The summed E-state index contributed by atoms with van der Waals surface area (Å²) in [5, 5.41) is 33.4. The van der Waals surface area contributed by atoms with Crippen molar-refractivity contribution in [3.05, 3.63) is 36.5 Å². The van der Waals surface area contributed by atoms with Gasteiger partial charge in [0.05, 0.1) is 18.8 Å². The molecule has 5 heteroatoms. The number of amides is 1. The third-order valence-corrected chi connectivity index (χ3v) is 13.0. The third kappa shape index (κ3) is 46.6. The number of nitrogens with one attached hydrogen (secondary N) is 1. The van der Waals surface area contributed by atoms with E-state index in [1.165, 1.54) is 238 Å². The van der Waals surface area contributed by atoms with Crippen LogP contribution >= 0.6 is 0 Å². The first-order chi connectivity index (χ1) is 30.6. The third-order valence-electron chi connectivity index (χ3n) is 13.0. The van der Waals surface area contributed by atoms with Crippen molar-refractivity contribution >= 4 is 5.91 Å². The molecule has 0 fully saturated rings. The smallest absolute Gasteiger partial charge is 0.249 e. The van der Waals surface area contributed by atoms with Gasteiger partial charge in [-0.05, 0) is 51.4 Å². The molecule has 5 nitrogen and oxygen atoms in total. The van der Waals surface area contributed by atoms with Crippen LogP contribution in [-0.4, -0.2) is 46.1 Å². The van der Waals surface area contributed by atoms with Gasteiger partial charge in [0.15, 0.2) is 0 Å². The number of carbonyl (C=O) groups is 1. The van der Waals surface area contributed by atoms with Crippen LogP contribution in [0.2, 0.25) is 0 Å². The van der Waals surface area contributed by atoms with Crippen molar-refractivity contribution in [2.45, 2.75) is 315 Å². The summed E-state index contributed by atoms with van der Waals surface area (Å²) in [6, 6.07) is -0.801. The molecule has 62 heavy (non-hydrogen) atoms. The van der Waals surface area contributed by atoms with E-state index < -0.39 is 24.2 Å². The molecule has 3 unspecified atom stereocenters. The van der Waals surface area contributed by atoms with Crippen molar-refractivity contribution in [3.8, 4) is 0 Å². The second kappa shape index (κ2) is 52.2. The van der Waals surface area contributed by atoms with Crippen LogP contribution in [0.15, 0.2) is 36.5 Å². The number of unbranched alkanes of at least 4 members (excludes halogenated alkanes) is 39. The number of aliphatic hydroxyl groups is 3. The highest BCUT2D eigenvalue weighted by atomic mass is 16.3. The van der Waals surface area contributed by atoms with E-state index in [4.69, 9.17) is 0 Å². The molecule has 1 amide bonds. The molecule has 0 radical (unpaired) electrons. The molecule has 0 aromatic rings. The summed E-state index contributed by atoms with van der Waals surface area (Å²) in [5.74, 6) is -0.504. The lowest BCUT2D eigenvalue weighted by Gasteiger charge is -2.21. The Kier molecular flexibility index (Phi) is 51.0. The predicted octanol–water partition coefficient (Wildman–Crippen LogP) is 17.1. The quantitative estimate of drug-likeness (QED) is 0.0362. The van der Waals surface area contributed by atoms with E-state index >= 15 is 0 Å². The second-order valence-corrected chi connectivity index (χ2v) is 19.1. The first-order valence-corrected chi connectivity index (χ1v) is 27.8. The lowest BCUT2D eigenvalue weighted by Crippen LogP contribution is -2.48. The molecule has 0 heterocycles. The lowest BCUT2D eigenvalue weighted by molar-refractivity contribution is -0.131. The molecular weight excluding hydrogens is 763 g/mol. The Morgan fingerprint density at radius 1 is 0.403 bits per heavy atom. The zero-order chi connectivity index (χ0) is 45.1. The fraction of sp³-hybridized carbons (Fsp3) is 0.877. The summed E-state index contributed by atoms with van der Waals surface area (Å²) in [6.07, 6.45) is 67.8. The van der Waals surface area contributed by atoms with Crippen LogP contribution < -0.4 is 5.32 Å². The number of hydrogen-bond acceptors (Lipinski definition) is 4. The minimum Gasteiger partial charge on any atom is -0.394 e. The molecule has 0 aromatic heterocycles. The van der Waals surface area contributed by atoms with Crippen LogP contribution in [0.5, 0.6) is 0 Å². The van der Waals surface area contributed by atoms with E-state index in [1.807, 2.05) is 6.08 Å². The Morgan fingerprint density at radius 3 is 1.02 bits per heavy atom. The molecular formula is C57H109NO4. The molecule has 0 aliphatic heterocycles. The molecule has 3 atom stereocenters. The van der Waals surface area contributed by atoms with E-state index in [9.17, 15) is 20.1 Å². The summed E-state index contributed by atoms with van der Waals surface area (Å²) >= 11 is 0. The average molecular weight is 873 g/mol. The Hall–Kier alpha value is -1.43. The van der Waals surface area contributed by atoms with Gasteiger partial charge in [0.2, 0.25) is 5.91 Å². The van der Waals surface area contributed by atoms with Crippen molar-refractivity contribution in [2.75, 3.05) is 6.61 Å². The number of rotatable bonds is 51. The molecule has 0 aliphatic rings. The summed E-state index contributed by atoms with van der Waals surface area (Å²) < 4.78 is 0. The van der Waals surface area contributed by atoms with Crippen LogP contribution in [0.1, 0.15) is 296 Å². The molecule has 0 bridgehead atoms. The van der Waals surface area contributed by atoms with E-state index in [1.54, 1.807) is 6.08 Å². The maximum absolute atomic E-state index is 12.5. The van der Waals surface area contributed by atoms with Crippen LogP contribution in [-0.2, 0) is 4.79 Å². The van der Waals surface area contributed by atoms with Crippen LogP contribution in [0.4, 0.5) is 0 Å². The van der Waals surface area contributed by atoms with Gasteiger partial charge in [-0.3, -0.25) is 4.79 Å². The normalized spacial score (nSPS) is 13.6. The Morgan fingerprint density at radius 2 is 0.694 bits per heavy atom. The highest BCUT2D eigenvalue weighted by molar-refractivity contribution is 5.80.